The minimum absolute atomic E-state index is 0.0957. The van der Waals surface area contributed by atoms with Crippen molar-refractivity contribution in [3.05, 3.63) is 58.3 Å². The van der Waals surface area contributed by atoms with E-state index in [1.165, 1.54) is 24.9 Å². The van der Waals surface area contributed by atoms with Gasteiger partial charge in [-0.3, -0.25) is 4.79 Å². The number of thioether (sulfide) groups is 1. The van der Waals surface area contributed by atoms with Crippen LogP contribution in [-0.2, 0) is 4.79 Å². The summed E-state index contributed by atoms with van der Waals surface area (Å²) in [5.74, 6) is -0.0278. The van der Waals surface area contributed by atoms with E-state index in [0.717, 1.165) is 9.37 Å². The summed E-state index contributed by atoms with van der Waals surface area (Å²) in [6, 6.07) is 12.2. The molecule has 0 aliphatic carbocycles. The van der Waals surface area contributed by atoms with Gasteiger partial charge in [0.25, 0.3) is 0 Å². The Bertz CT molecular complexity index is 679. The maximum Gasteiger partial charge on any atom is 0.230 e. The van der Waals surface area contributed by atoms with Crippen LogP contribution in [0.3, 0.4) is 0 Å². The molecule has 1 atom stereocenters. The molecule has 0 fully saturated rings. The highest BCUT2D eigenvalue weighted by Gasteiger charge is 2.12. The van der Waals surface area contributed by atoms with Gasteiger partial charge in [-0.25, -0.2) is 4.39 Å². The number of methoxy groups -OCH3 is 1. The Kier molecular flexibility index (Phi) is 6.47. The van der Waals surface area contributed by atoms with Crippen LogP contribution in [0.4, 0.5) is 4.39 Å². The molecule has 0 unspecified atom stereocenters. The highest BCUT2D eigenvalue weighted by atomic mass is 79.9. The third-order valence-electron chi connectivity index (χ3n) is 3.24. The van der Waals surface area contributed by atoms with Crippen molar-refractivity contribution in [2.75, 3.05) is 12.9 Å². The van der Waals surface area contributed by atoms with E-state index in [4.69, 9.17) is 4.74 Å². The molecular weight excluding hydrogens is 381 g/mol. The lowest BCUT2D eigenvalue weighted by molar-refractivity contribution is -0.119. The molecule has 0 saturated heterocycles. The highest BCUT2D eigenvalue weighted by Crippen LogP contribution is 2.23. The lowest BCUT2D eigenvalue weighted by atomic mass is 10.1. The zero-order chi connectivity index (χ0) is 16.8. The van der Waals surface area contributed by atoms with Gasteiger partial charge in [0.15, 0.2) is 11.6 Å². The summed E-state index contributed by atoms with van der Waals surface area (Å²) < 4.78 is 19.6. The molecule has 0 heterocycles. The van der Waals surface area contributed by atoms with Crippen molar-refractivity contribution < 1.29 is 13.9 Å². The van der Waals surface area contributed by atoms with Crippen molar-refractivity contribution in [1.82, 2.24) is 5.32 Å². The molecule has 122 valence electrons. The van der Waals surface area contributed by atoms with Crippen LogP contribution in [0.15, 0.2) is 51.8 Å². The van der Waals surface area contributed by atoms with Crippen molar-refractivity contribution in [2.24, 2.45) is 0 Å². The molecule has 2 aromatic rings. The van der Waals surface area contributed by atoms with E-state index in [9.17, 15) is 9.18 Å². The molecule has 2 aromatic carbocycles. The molecule has 23 heavy (non-hydrogen) atoms. The van der Waals surface area contributed by atoms with Crippen LogP contribution in [0.5, 0.6) is 5.75 Å². The van der Waals surface area contributed by atoms with Crippen LogP contribution >= 0.6 is 27.7 Å². The maximum absolute atomic E-state index is 13.7. The molecule has 0 radical (unpaired) electrons. The zero-order valence-corrected chi connectivity index (χ0v) is 15.2. The van der Waals surface area contributed by atoms with Gasteiger partial charge in [0.1, 0.15) is 0 Å². The fourth-order valence-electron chi connectivity index (χ4n) is 2.00. The van der Waals surface area contributed by atoms with Crippen LogP contribution < -0.4 is 10.1 Å². The predicted octanol–water partition coefficient (Wildman–Crippen LogP) is 4.57. The third kappa shape index (κ3) is 5.25. The molecule has 1 N–H and O–H groups in total. The Balaban J connectivity index is 1.89. The molecule has 0 aliphatic heterocycles. The molecule has 6 heteroatoms. The average molecular weight is 398 g/mol. The van der Waals surface area contributed by atoms with Gasteiger partial charge in [0.05, 0.1) is 18.9 Å². The third-order valence-corrected chi connectivity index (χ3v) is 4.78. The molecule has 0 spiro atoms. The number of carbonyl (C=O) groups is 1. The number of halogens is 2. The topological polar surface area (TPSA) is 38.3 Å². The first-order valence-corrected chi connectivity index (χ1v) is 8.78. The maximum atomic E-state index is 13.7. The number of ether oxygens (including phenoxy) is 1. The number of rotatable bonds is 6. The van der Waals surface area contributed by atoms with Crippen LogP contribution in [0.2, 0.25) is 0 Å². The predicted molar refractivity (Wildman–Crippen MR) is 94.4 cm³/mol. The second kappa shape index (κ2) is 8.36. The summed E-state index contributed by atoms with van der Waals surface area (Å²) in [4.78, 5) is 13.0. The Morgan fingerprint density at radius 3 is 2.61 bits per heavy atom. The molecule has 1 amide bonds. The summed E-state index contributed by atoms with van der Waals surface area (Å²) in [6.07, 6.45) is 0. The van der Waals surface area contributed by atoms with E-state index in [1.54, 1.807) is 12.1 Å². The van der Waals surface area contributed by atoms with E-state index >= 15 is 0 Å². The number of nitrogens with one attached hydrogen (secondary N) is 1. The van der Waals surface area contributed by atoms with Crippen molar-refractivity contribution in [2.45, 2.75) is 17.9 Å². The monoisotopic (exact) mass is 397 g/mol. The Hall–Kier alpha value is -1.53. The zero-order valence-electron chi connectivity index (χ0n) is 12.8. The molecule has 0 bridgehead atoms. The smallest absolute Gasteiger partial charge is 0.230 e. The number of amides is 1. The molecule has 0 saturated carbocycles. The van der Waals surface area contributed by atoms with Gasteiger partial charge in [-0.05, 0) is 48.9 Å². The van der Waals surface area contributed by atoms with Crippen molar-refractivity contribution in [3.8, 4) is 5.75 Å². The number of benzene rings is 2. The van der Waals surface area contributed by atoms with Crippen molar-refractivity contribution in [1.29, 1.82) is 0 Å². The first-order chi connectivity index (χ1) is 11.0. The van der Waals surface area contributed by atoms with Gasteiger partial charge in [-0.1, -0.05) is 22.0 Å². The summed E-state index contributed by atoms with van der Waals surface area (Å²) in [5, 5.41) is 2.87. The summed E-state index contributed by atoms with van der Waals surface area (Å²) in [7, 11) is 1.42. The first kappa shape index (κ1) is 17.8. The number of hydrogen-bond acceptors (Lipinski definition) is 3. The van der Waals surface area contributed by atoms with Crippen molar-refractivity contribution >= 4 is 33.6 Å². The fourth-order valence-corrected chi connectivity index (χ4v) is 2.97. The molecule has 0 aliphatic rings. The van der Waals surface area contributed by atoms with Gasteiger partial charge >= 0.3 is 0 Å². The summed E-state index contributed by atoms with van der Waals surface area (Å²) in [5.41, 5.74) is 0.699. The van der Waals surface area contributed by atoms with E-state index < -0.39 is 5.82 Å². The number of carbonyl (C=O) groups excluding carboxylic acids is 1. The van der Waals surface area contributed by atoms with Gasteiger partial charge in [-0.15, -0.1) is 11.8 Å². The second-order valence-corrected chi connectivity index (χ2v) is 6.89. The Morgan fingerprint density at radius 2 is 2.00 bits per heavy atom. The summed E-state index contributed by atoms with van der Waals surface area (Å²) in [6.45, 7) is 1.82. The second-order valence-electron chi connectivity index (χ2n) is 4.93. The number of hydrogen-bond donors (Lipinski definition) is 1. The van der Waals surface area contributed by atoms with Gasteiger partial charge in [-0.2, -0.15) is 0 Å². The summed E-state index contributed by atoms with van der Waals surface area (Å²) >= 11 is 4.83. The van der Waals surface area contributed by atoms with Crippen LogP contribution in [0, 0.1) is 5.82 Å². The Morgan fingerprint density at radius 1 is 1.30 bits per heavy atom. The normalized spacial score (nSPS) is 11.8. The SMILES string of the molecule is COc1ccc([C@@H](C)NC(=O)CSc2ccc(Br)cc2)cc1F. The fraction of sp³-hybridized carbons (Fsp3) is 0.235. The molecular formula is C17H17BrFNO2S. The van der Waals surface area contributed by atoms with E-state index in [0.29, 0.717) is 11.3 Å². The van der Waals surface area contributed by atoms with Gasteiger partial charge in [0.2, 0.25) is 5.91 Å². The highest BCUT2D eigenvalue weighted by molar-refractivity contribution is 9.10. The largest absolute Gasteiger partial charge is 0.494 e. The van der Waals surface area contributed by atoms with E-state index in [1.807, 2.05) is 31.2 Å². The van der Waals surface area contributed by atoms with Gasteiger partial charge < -0.3 is 10.1 Å². The first-order valence-electron chi connectivity index (χ1n) is 7.00. The van der Waals surface area contributed by atoms with E-state index in [2.05, 4.69) is 21.2 Å². The minimum Gasteiger partial charge on any atom is -0.494 e. The van der Waals surface area contributed by atoms with E-state index in [-0.39, 0.29) is 17.7 Å². The van der Waals surface area contributed by atoms with Crippen LogP contribution in [0.1, 0.15) is 18.5 Å². The van der Waals surface area contributed by atoms with Crippen molar-refractivity contribution in [3.63, 3.8) is 0 Å². The standard InChI is InChI=1S/C17H17BrFNO2S/c1-11(12-3-8-16(22-2)15(19)9-12)20-17(21)10-23-14-6-4-13(18)5-7-14/h3-9,11H,10H2,1-2H3,(H,20,21)/t11-/m1/s1. The molecule has 3 nitrogen and oxygen atoms in total. The lowest BCUT2D eigenvalue weighted by Crippen LogP contribution is -2.28. The minimum atomic E-state index is -0.435. The Labute approximate surface area is 147 Å². The lowest BCUT2D eigenvalue weighted by Gasteiger charge is -2.15. The van der Waals surface area contributed by atoms with Crippen LogP contribution in [0.25, 0.3) is 0 Å². The molecule has 0 aromatic heterocycles. The van der Waals surface area contributed by atoms with Gasteiger partial charge in [0, 0.05) is 9.37 Å². The quantitative estimate of drug-likeness (QED) is 0.725. The van der Waals surface area contributed by atoms with Crippen LogP contribution in [-0.4, -0.2) is 18.8 Å². The molecule has 2 rings (SSSR count). The average Bonchev–Trinajstić information content (AvgIpc) is 2.54.